The van der Waals surface area contributed by atoms with E-state index >= 15 is 0 Å². The van der Waals surface area contributed by atoms with E-state index in [1.54, 1.807) is 5.38 Å². The molecule has 3 aromatic heterocycles. The number of carbonyl (C=O) groups excluding carboxylic acids is 1. The maximum Gasteiger partial charge on any atom is 0.417 e. The Balaban J connectivity index is 1.49. The van der Waals surface area contributed by atoms with Crippen LogP contribution in [0.3, 0.4) is 0 Å². The molecule has 3 heterocycles. The molecule has 1 aromatic carbocycles. The Hall–Kier alpha value is -3.27. The molecule has 0 spiro atoms. The van der Waals surface area contributed by atoms with Crippen LogP contribution in [-0.2, 0) is 12.7 Å². The fraction of sp³-hybridized carbons (Fsp3) is 0.158. The van der Waals surface area contributed by atoms with Crippen molar-refractivity contribution in [2.24, 2.45) is 0 Å². The van der Waals surface area contributed by atoms with Crippen LogP contribution < -0.4 is 5.32 Å². The SMILES string of the molecule is Cc1ccc(-c2nc(C(=O)NCc3nnc4ccc(C(F)(F)F)cn34)cs2)cc1. The van der Waals surface area contributed by atoms with Gasteiger partial charge < -0.3 is 5.32 Å². The molecule has 0 radical (unpaired) electrons. The average Bonchev–Trinajstić information content (AvgIpc) is 3.33. The van der Waals surface area contributed by atoms with Crippen molar-refractivity contribution in [3.05, 3.63) is 70.6 Å². The molecular formula is C19H14F3N5OS. The molecule has 0 saturated heterocycles. The highest BCUT2D eigenvalue weighted by atomic mass is 32.1. The van der Waals surface area contributed by atoms with Crippen molar-refractivity contribution in [3.63, 3.8) is 0 Å². The number of benzene rings is 1. The Morgan fingerprint density at radius 2 is 1.90 bits per heavy atom. The third-order valence-corrected chi connectivity index (χ3v) is 5.13. The molecular weight excluding hydrogens is 403 g/mol. The van der Waals surface area contributed by atoms with Gasteiger partial charge >= 0.3 is 6.18 Å². The van der Waals surface area contributed by atoms with Crippen LogP contribution in [0.2, 0.25) is 0 Å². The standard InChI is InChI=1S/C19H14F3N5OS/c1-11-2-4-12(5-3-11)18-24-14(10-29-18)17(28)23-8-16-26-25-15-7-6-13(9-27(15)16)19(20,21)22/h2-7,9-10H,8H2,1H3,(H,23,28). The lowest BCUT2D eigenvalue weighted by molar-refractivity contribution is -0.137. The van der Waals surface area contributed by atoms with Crippen LogP contribution in [-0.4, -0.2) is 25.5 Å². The third-order valence-electron chi connectivity index (χ3n) is 4.24. The third kappa shape index (κ3) is 3.97. The van der Waals surface area contributed by atoms with Gasteiger partial charge in [-0.15, -0.1) is 21.5 Å². The maximum absolute atomic E-state index is 12.9. The van der Waals surface area contributed by atoms with Crippen LogP contribution in [0.4, 0.5) is 13.2 Å². The van der Waals surface area contributed by atoms with E-state index in [2.05, 4.69) is 20.5 Å². The minimum absolute atomic E-state index is 0.0846. The number of halogens is 3. The van der Waals surface area contributed by atoms with E-state index in [1.165, 1.54) is 21.8 Å². The Morgan fingerprint density at radius 3 is 2.62 bits per heavy atom. The molecule has 0 aliphatic heterocycles. The number of hydrogen-bond acceptors (Lipinski definition) is 5. The van der Waals surface area contributed by atoms with Gasteiger partial charge in [0.1, 0.15) is 10.7 Å². The van der Waals surface area contributed by atoms with Crippen LogP contribution >= 0.6 is 11.3 Å². The van der Waals surface area contributed by atoms with Gasteiger partial charge in [0, 0.05) is 17.1 Å². The molecule has 29 heavy (non-hydrogen) atoms. The second kappa shape index (κ2) is 7.28. The van der Waals surface area contributed by atoms with Crippen molar-refractivity contribution in [1.29, 1.82) is 0 Å². The normalized spacial score (nSPS) is 11.7. The molecule has 0 bridgehead atoms. The zero-order chi connectivity index (χ0) is 20.6. The number of pyridine rings is 1. The number of amides is 1. The summed E-state index contributed by atoms with van der Waals surface area (Å²) in [6.07, 6.45) is -3.57. The Kier molecular flexibility index (Phi) is 4.79. The van der Waals surface area contributed by atoms with Crippen molar-refractivity contribution in [3.8, 4) is 10.6 Å². The number of carbonyl (C=O) groups is 1. The summed E-state index contributed by atoms with van der Waals surface area (Å²) in [5.41, 5.74) is 1.70. The van der Waals surface area contributed by atoms with Crippen LogP contribution in [0.1, 0.15) is 27.4 Å². The van der Waals surface area contributed by atoms with E-state index in [1.807, 2.05) is 31.2 Å². The first kappa shape index (κ1) is 19.1. The summed E-state index contributed by atoms with van der Waals surface area (Å²) in [5, 5.41) is 12.6. The van der Waals surface area contributed by atoms with E-state index in [4.69, 9.17) is 0 Å². The molecule has 6 nitrogen and oxygen atoms in total. The highest BCUT2D eigenvalue weighted by Gasteiger charge is 2.31. The lowest BCUT2D eigenvalue weighted by atomic mass is 10.2. The minimum Gasteiger partial charge on any atom is -0.343 e. The van der Waals surface area contributed by atoms with Gasteiger partial charge in [0.15, 0.2) is 11.5 Å². The summed E-state index contributed by atoms with van der Waals surface area (Å²) >= 11 is 1.34. The summed E-state index contributed by atoms with van der Waals surface area (Å²) in [4.78, 5) is 16.7. The quantitative estimate of drug-likeness (QED) is 0.543. The van der Waals surface area contributed by atoms with E-state index in [-0.39, 0.29) is 23.7 Å². The summed E-state index contributed by atoms with van der Waals surface area (Å²) in [7, 11) is 0. The number of nitrogens with zero attached hydrogens (tertiary/aromatic N) is 4. The topological polar surface area (TPSA) is 72.2 Å². The van der Waals surface area contributed by atoms with Crippen LogP contribution in [0.25, 0.3) is 16.2 Å². The Bertz CT molecular complexity index is 1180. The van der Waals surface area contributed by atoms with Crippen molar-refractivity contribution in [2.75, 3.05) is 0 Å². The minimum atomic E-state index is -4.48. The van der Waals surface area contributed by atoms with Crippen molar-refractivity contribution in [1.82, 2.24) is 24.9 Å². The van der Waals surface area contributed by atoms with Gasteiger partial charge in [-0.05, 0) is 19.1 Å². The summed E-state index contributed by atoms with van der Waals surface area (Å²) in [6, 6.07) is 9.95. The molecule has 4 rings (SSSR count). The van der Waals surface area contributed by atoms with Crippen LogP contribution in [0.5, 0.6) is 0 Å². The van der Waals surface area contributed by atoms with Crippen LogP contribution in [0.15, 0.2) is 48.0 Å². The van der Waals surface area contributed by atoms with Gasteiger partial charge in [-0.1, -0.05) is 29.8 Å². The van der Waals surface area contributed by atoms with Gasteiger partial charge in [-0.25, -0.2) is 4.98 Å². The molecule has 148 valence electrons. The molecule has 0 aliphatic rings. The fourth-order valence-electron chi connectivity index (χ4n) is 2.68. The van der Waals surface area contributed by atoms with E-state index in [9.17, 15) is 18.0 Å². The number of aromatic nitrogens is 4. The van der Waals surface area contributed by atoms with Crippen LogP contribution in [0, 0.1) is 6.92 Å². The van der Waals surface area contributed by atoms with Gasteiger partial charge in [0.2, 0.25) is 0 Å². The first-order valence-corrected chi connectivity index (χ1v) is 9.41. The van der Waals surface area contributed by atoms with Crippen molar-refractivity contribution in [2.45, 2.75) is 19.6 Å². The first-order chi connectivity index (χ1) is 13.8. The highest BCUT2D eigenvalue weighted by Crippen LogP contribution is 2.29. The van der Waals surface area contributed by atoms with E-state index < -0.39 is 17.6 Å². The molecule has 1 N–H and O–H groups in total. The number of alkyl halides is 3. The Morgan fingerprint density at radius 1 is 1.14 bits per heavy atom. The first-order valence-electron chi connectivity index (χ1n) is 8.53. The molecule has 0 fully saturated rings. The molecule has 0 aliphatic carbocycles. The van der Waals surface area contributed by atoms with Gasteiger partial charge in [0.05, 0.1) is 12.1 Å². The predicted octanol–water partition coefficient (Wildman–Crippen LogP) is 4.11. The lowest BCUT2D eigenvalue weighted by Crippen LogP contribution is -2.24. The zero-order valence-electron chi connectivity index (χ0n) is 15.1. The number of rotatable bonds is 4. The lowest BCUT2D eigenvalue weighted by Gasteiger charge is -2.07. The van der Waals surface area contributed by atoms with E-state index in [0.717, 1.165) is 23.4 Å². The molecule has 0 unspecified atom stereocenters. The van der Waals surface area contributed by atoms with Gasteiger partial charge in [0.25, 0.3) is 5.91 Å². The second-order valence-corrected chi connectivity index (χ2v) is 7.20. The number of hydrogen-bond donors (Lipinski definition) is 1. The van der Waals surface area contributed by atoms with E-state index in [0.29, 0.717) is 5.01 Å². The summed E-state index contributed by atoms with van der Waals surface area (Å²) in [6.45, 7) is 1.90. The second-order valence-electron chi connectivity index (χ2n) is 6.35. The maximum atomic E-state index is 12.9. The fourth-order valence-corrected chi connectivity index (χ4v) is 3.49. The summed E-state index contributed by atoms with van der Waals surface area (Å²) in [5.74, 6) is -0.253. The smallest absolute Gasteiger partial charge is 0.343 e. The van der Waals surface area contributed by atoms with Gasteiger partial charge in [-0.3, -0.25) is 9.20 Å². The number of nitrogens with one attached hydrogen (secondary N) is 1. The number of aryl methyl sites for hydroxylation is 1. The monoisotopic (exact) mass is 417 g/mol. The molecule has 4 aromatic rings. The van der Waals surface area contributed by atoms with Gasteiger partial charge in [-0.2, -0.15) is 13.2 Å². The summed E-state index contributed by atoms with van der Waals surface area (Å²) < 4.78 is 40.0. The number of thiazole rings is 1. The molecule has 0 atom stereocenters. The van der Waals surface area contributed by atoms with Crippen molar-refractivity contribution < 1.29 is 18.0 Å². The molecule has 1 amide bonds. The predicted molar refractivity (Wildman–Crippen MR) is 101 cm³/mol. The average molecular weight is 417 g/mol. The number of fused-ring (bicyclic) bond motifs is 1. The molecule has 0 saturated carbocycles. The zero-order valence-corrected chi connectivity index (χ0v) is 15.9. The Labute approximate surface area is 167 Å². The highest BCUT2D eigenvalue weighted by molar-refractivity contribution is 7.13. The van der Waals surface area contributed by atoms with Crippen molar-refractivity contribution >= 4 is 22.9 Å². The largest absolute Gasteiger partial charge is 0.417 e. The molecule has 10 heteroatoms.